The van der Waals surface area contributed by atoms with Crippen molar-refractivity contribution >= 4 is 52.5 Å². The molecule has 1 heterocycles. The number of rotatable bonds is 8. The monoisotopic (exact) mass is 501 g/mol. The number of nitrogens with zero attached hydrogens (tertiary/aromatic N) is 2. The number of ether oxygens (including phenoxy) is 1. The molecule has 1 unspecified atom stereocenters. The lowest BCUT2D eigenvalue weighted by molar-refractivity contribution is -0.117. The van der Waals surface area contributed by atoms with Crippen molar-refractivity contribution in [3.8, 4) is 11.8 Å². The Kier molecular flexibility index (Phi) is 8.45. The van der Waals surface area contributed by atoms with Crippen LogP contribution in [0.1, 0.15) is 12.5 Å². The molecule has 2 amide bonds. The van der Waals surface area contributed by atoms with Gasteiger partial charge in [0.15, 0.2) is 0 Å². The molecule has 1 atom stereocenters. The van der Waals surface area contributed by atoms with Crippen LogP contribution in [0.25, 0.3) is 0 Å². The first-order valence-corrected chi connectivity index (χ1v) is 11.7. The van der Waals surface area contributed by atoms with Gasteiger partial charge in [0, 0.05) is 22.3 Å². The Bertz CT molecular complexity index is 1140. The molecule has 0 aliphatic carbocycles. The largest absolute Gasteiger partial charge is 0.494 e. The smallest absolute Gasteiger partial charge is 0.264 e. The molecular formula is C24H21Cl2N3O3S. The van der Waals surface area contributed by atoms with Crippen LogP contribution in [0, 0.1) is 11.3 Å². The fraction of sp³-hybridized carbons (Fsp3) is 0.208. The molecule has 6 nitrogen and oxygen atoms in total. The molecule has 9 heteroatoms. The average Bonchev–Trinajstić information content (AvgIpc) is 3.11. The summed E-state index contributed by atoms with van der Waals surface area (Å²) in [6, 6.07) is 14.0. The molecule has 0 spiro atoms. The third-order valence-electron chi connectivity index (χ3n) is 4.74. The van der Waals surface area contributed by atoms with Crippen molar-refractivity contribution < 1.29 is 14.3 Å². The fourth-order valence-corrected chi connectivity index (χ4v) is 5.00. The molecule has 3 rings (SSSR count). The minimum absolute atomic E-state index is 0.145. The van der Waals surface area contributed by atoms with E-state index in [0.717, 1.165) is 17.3 Å². The van der Waals surface area contributed by atoms with Crippen LogP contribution in [-0.2, 0) is 16.0 Å². The van der Waals surface area contributed by atoms with Crippen LogP contribution in [0.3, 0.4) is 0 Å². The summed E-state index contributed by atoms with van der Waals surface area (Å²) in [5.74, 6) is -0.178. The fourth-order valence-electron chi connectivity index (χ4n) is 3.22. The predicted molar refractivity (Wildman–Crippen MR) is 132 cm³/mol. The number of hydrogen-bond donors (Lipinski definition) is 1. The standard InChI is InChI=1S/C24H21Cl2N3O3S/c1-3-11-28-22(30)19(14-27)24-29(17-7-9-18(10-8-17)32-4-2)23(31)21(33-24)12-15-5-6-16(25)13-20(15)26/h3,5-10,13,21H,1,4,11-12H2,2H3,(H,28,30)/b24-19-. The third-order valence-corrected chi connectivity index (χ3v) is 6.59. The molecule has 1 N–H and O–H groups in total. The van der Waals surface area contributed by atoms with Gasteiger partial charge in [0.25, 0.3) is 5.91 Å². The number of benzene rings is 2. The van der Waals surface area contributed by atoms with E-state index in [-0.39, 0.29) is 23.1 Å². The number of carbonyl (C=O) groups excluding carboxylic acids is 2. The maximum absolute atomic E-state index is 13.5. The van der Waals surface area contributed by atoms with E-state index in [1.165, 1.54) is 11.0 Å². The summed E-state index contributed by atoms with van der Waals surface area (Å²) in [4.78, 5) is 27.5. The summed E-state index contributed by atoms with van der Waals surface area (Å²) >= 11 is 13.5. The van der Waals surface area contributed by atoms with Gasteiger partial charge in [0.1, 0.15) is 22.4 Å². The first-order valence-electron chi connectivity index (χ1n) is 10.1. The van der Waals surface area contributed by atoms with Crippen molar-refractivity contribution in [2.45, 2.75) is 18.6 Å². The normalized spacial score (nSPS) is 16.8. The second kappa shape index (κ2) is 11.3. The van der Waals surface area contributed by atoms with Gasteiger partial charge in [0.05, 0.1) is 11.9 Å². The molecule has 33 heavy (non-hydrogen) atoms. The average molecular weight is 502 g/mol. The number of amides is 2. The molecule has 0 aromatic heterocycles. The Morgan fingerprint density at radius 3 is 2.64 bits per heavy atom. The van der Waals surface area contributed by atoms with Crippen LogP contribution in [0.5, 0.6) is 5.75 Å². The Morgan fingerprint density at radius 2 is 2.03 bits per heavy atom. The summed E-state index contributed by atoms with van der Waals surface area (Å²) < 4.78 is 5.48. The van der Waals surface area contributed by atoms with E-state index in [1.807, 2.05) is 13.0 Å². The van der Waals surface area contributed by atoms with Crippen molar-refractivity contribution in [3.05, 3.63) is 81.3 Å². The molecule has 0 saturated carbocycles. The predicted octanol–water partition coefficient (Wildman–Crippen LogP) is 5.12. The second-order valence-corrected chi connectivity index (χ2v) is 8.97. The van der Waals surface area contributed by atoms with Crippen molar-refractivity contribution in [2.75, 3.05) is 18.1 Å². The number of nitrogens with one attached hydrogen (secondary N) is 1. The van der Waals surface area contributed by atoms with Gasteiger partial charge >= 0.3 is 0 Å². The summed E-state index contributed by atoms with van der Waals surface area (Å²) in [6.45, 7) is 6.15. The van der Waals surface area contributed by atoms with E-state index < -0.39 is 11.2 Å². The Balaban J connectivity index is 2.02. The lowest BCUT2D eigenvalue weighted by atomic mass is 10.1. The summed E-state index contributed by atoms with van der Waals surface area (Å²) in [7, 11) is 0. The molecule has 1 saturated heterocycles. The van der Waals surface area contributed by atoms with Crippen molar-refractivity contribution in [3.63, 3.8) is 0 Å². The Hall–Kier alpha value is -2.92. The topological polar surface area (TPSA) is 82.4 Å². The number of carbonyl (C=O) groups is 2. The number of hydrogen-bond acceptors (Lipinski definition) is 5. The number of thioether (sulfide) groups is 1. The molecule has 170 valence electrons. The lowest BCUT2D eigenvalue weighted by Gasteiger charge is -2.19. The van der Waals surface area contributed by atoms with E-state index in [4.69, 9.17) is 27.9 Å². The number of anilines is 1. The minimum Gasteiger partial charge on any atom is -0.494 e. The number of nitriles is 1. The Morgan fingerprint density at radius 1 is 1.30 bits per heavy atom. The van der Waals surface area contributed by atoms with E-state index in [0.29, 0.717) is 34.5 Å². The van der Waals surface area contributed by atoms with Crippen LogP contribution in [0.4, 0.5) is 5.69 Å². The van der Waals surface area contributed by atoms with Crippen molar-refractivity contribution in [1.82, 2.24) is 5.32 Å². The molecule has 0 radical (unpaired) electrons. The van der Waals surface area contributed by atoms with E-state index in [2.05, 4.69) is 11.9 Å². The van der Waals surface area contributed by atoms with Crippen molar-refractivity contribution in [2.24, 2.45) is 0 Å². The highest BCUT2D eigenvalue weighted by Crippen LogP contribution is 2.42. The van der Waals surface area contributed by atoms with Gasteiger partial charge in [-0.05, 0) is 55.3 Å². The van der Waals surface area contributed by atoms with Gasteiger partial charge in [-0.2, -0.15) is 5.26 Å². The third kappa shape index (κ3) is 5.72. The van der Waals surface area contributed by atoms with Crippen molar-refractivity contribution in [1.29, 1.82) is 5.26 Å². The summed E-state index contributed by atoms with van der Waals surface area (Å²) in [5, 5.41) is 13.0. The maximum atomic E-state index is 13.5. The van der Waals surface area contributed by atoms with Gasteiger partial charge in [0.2, 0.25) is 5.91 Å². The highest BCUT2D eigenvalue weighted by molar-refractivity contribution is 8.05. The molecule has 0 bridgehead atoms. The van der Waals surface area contributed by atoms with Gasteiger partial charge in [-0.15, -0.1) is 6.58 Å². The summed E-state index contributed by atoms with van der Waals surface area (Å²) in [5.41, 5.74) is 1.13. The SMILES string of the molecule is C=CCNC(=O)/C(C#N)=C1\SC(Cc2ccc(Cl)cc2Cl)C(=O)N1c1ccc(OCC)cc1. The van der Waals surface area contributed by atoms with E-state index in [9.17, 15) is 14.9 Å². The van der Waals surface area contributed by atoms with Crippen LogP contribution < -0.4 is 15.0 Å². The van der Waals surface area contributed by atoms with Gasteiger partial charge < -0.3 is 10.1 Å². The molecule has 2 aromatic carbocycles. The number of halogens is 2. The van der Waals surface area contributed by atoms with Crippen LogP contribution >= 0.6 is 35.0 Å². The molecule has 1 aliphatic rings. The van der Waals surface area contributed by atoms with Crippen LogP contribution in [0.15, 0.2) is 65.7 Å². The highest BCUT2D eigenvalue weighted by atomic mass is 35.5. The van der Waals surface area contributed by atoms with Gasteiger partial charge in [-0.25, -0.2) is 0 Å². The molecule has 1 aliphatic heterocycles. The zero-order chi connectivity index (χ0) is 24.0. The van der Waals surface area contributed by atoms with Gasteiger partial charge in [-0.3, -0.25) is 14.5 Å². The zero-order valence-electron chi connectivity index (χ0n) is 17.8. The summed E-state index contributed by atoms with van der Waals surface area (Å²) in [6.07, 6.45) is 1.82. The molecule has 1 fully saturated rings. The van der Waals surface area contributed by atoms with Crippen LogP contribution in [0.2, 0.25) is 10.0 Å². The first-order chi connectivity index (χ1) is 15.9. The molecular weight excluding hydrogens is 481 g/mol. The quantitative estimate of drug-likeness (QED) is 0.308. The Labute approximate surface area is 206 Å². The van der Waals surface area contributed by atoms with E-state index in [1.54, 1.807) is 42.5 Å². The van der Waals surface area contributed by atoms with E-state index >= 15 is 0 Å². The zero-order valence-corrected chi connectivity index (χ0v) is 20.1. The molecule has 2 aromatic rings. The highest BCUT2D eigenvalue weighted by Gasteiger charge is 2.41. The lowest BCUT2D eigenvalue weighted by Crippen LogP contribution is -2.32. The minimum atomic E-state index is -0.583. The second-order valence-electron chi connectivity index (χ2n) is 6.94. The van der Waals surface area contributed by atoms with Crippen LogP contribution in [-0.4, -0.2) is 30.2 Å². The maximum Gasteiger partial charge on any atom is 0.264 e. The van der Waals surface area contributed by atoms with Gasteiger partial charge in [-0.1, -0.05) is 47.1 Å². The first kappa shape index (κ1) is 24.7.